The molecule has 1 N–H and O–H groups in total. The van der Waals surface area contributed by atoms with E-state index in [0.29, 0.717) is 5.56 Å². The highest BCUT2D eigenvalue weighted by atomic mass is 32.2. The number of halogens is 1. The molecule has 1 rings (SSSR count). The Hall–Kier alpha value is -0.540. The van der Waals surface area contributed by atoms with Crippen molar-refractivity contribution in [3.05, 3.63) is 29.6 Å². The molecule has 0 saturated heterocycles. The van der Waals surface area contributed by atoms with Gasteiger partial charge in [-0.2, -0.15) is 0 Å². The minimum absolute atomic E-state index is 0.148. The number of rotatable bonds is 2. The van der Waals surface area contributed by atoms with Gasteiger partial charge >= 0.3 is 0 Å². The van der Waals surface area contributed by atoms with Crippen molar-refractivity contribution in [2.75, 3.05) is 7.05 Å². The van der Waals surface area contributed by atoms with Crippen molar-refractivity contribution in [2.45, 2.75) is 11.8 Å². The Morgan fingerprint density at radius 2 is 2.18 bits per heavy atom. The van der Waals surface area contributed by atoms with Crippen molar-refractivity contribution in [1.29, 1.82) is 0 Å². The molecule has 0 saturated carbocycles. The van der Waals surface area contributed by atoms with Crippen LogP contribution in [0.5, 0.6) is 0 Å². The molecule has 11 heavy (non-hydrogen) atoms. The number of hydrogen-bond acceptors (Lipinski definition) is 2. The lowest BCUT2D eigenvalue weighted by molar-refractivity contribution is 0.617. The lowest BCUT2D eigenvalue weighted by Gasteiger charge is -2.00. The van der Waals surface area contributed by atoms with Crippen molar-refractivity contribution >= 4 is 11.9 Å². The van der Waals surface area contributed by atoms with E-state index in [0.717, 1.165) is 4.90 Å². The molecular weight excluding hydrogens is 161 g/mol. The molecular formula is C8H10FNS. The van der Waals surface area contributed by atoms with Crippen LogP contribution in [0.1, 0.15) is 5.56 Å². The fourth-order valence-electron chi connectivity index (χ4n) is 0.799. The largest absolute Gasteiger partial charge is 0.263 e. The first-order valence-electron chi connectivity index (χ1n) is 3.34. The molecule has 0 aliphatic carbocycles. The van der Waals surface area contributed by atoms with Crippen molar-refractivity contribution in [3.8, 4) is 0 Å². The zero-order valence-electron chi connectivity index (χ0n) is 6.52. The standard InChI is InChI=1S/C8H10FNS/c1-6-5-7(11-10-2)3-4-8(6)9/h3-5,10H,1-2H3. The number of benzene rings is 1. The highest BCUT2D eigenvalue weighted by Crippen LogP contribution is 2.17. The van der Waals surface area contributed by atoms with Crippen molar-refractivity contribution in [2.24, 2.45) is 0 Å². The molecule has 1 nitrogen and oxygen atoms in total. The van der Waals surface area contributed by atoms with E-state index < -0.39 is 0 Å². The third-order valence-corrected chi connectivity index (χ3v) is 2.04. The van der Waals surface area contributed by atoms with Gasteiger partial charge in [0.1, 0.15) is 5.82 Å². The number of hydrogen-bond donors (Lipinski definition) is 1. The summed E-state index contributed by atoms with van der Waals surface area (Å²) >= 11 is 1.48. The summed E-state index contributed by atoms with van der Waals surface area (Å²) in [6.07, 6.45) is 0. The van der Waals surface area contributed by atoms with Gasteiger partial charge < -0.3 is 0 Å². The summed E-state index contributed by atoms with van der Waals surface area (Å²) in [5.41, 5.74) is 0.685. The molecule has 60 valence electrons. The Morgan fingerprint density at radius 1 is 1.45 bits per heavy atom. The Bertz CT molecular complexity index is 250. The third-order valence-electron chi connectivity index (χ3n) is 1.35. The van der Waals surface area contributed by atoms with Gasteiger partial charge in [0, 0.05) is 4.90 Å². The van der Waals surface area contributed by atoms with E-state index in [1.54, 1.807) is 13.0 Å². The molecule has 0 unspecified atom stereocenters. The van der Waals surface area contributed by atoms with Gasteiger partial charge in [0.05, 0.1) is 0 Å². The Kier molecular flexibility index (Phi) is 2.91. The highest BCUT2D eigenvalue weighted by molar-refractivity contribution is 7.97. The van der Waals surface area contributed by atoms with Crippen molar-refractivity contribution in [1.82, 2.24) is 4.72 Å². The van der Waals surface area contributed by atoms with Gasteiger partial charge in [-0.15, -0.1) is 0 Å². The van der Waals surface area contributed by atoms with E-state index in [1.807, 2.05) is 13.1 Å². The molecule has 3 heteroatoms. The summed E-state index contributed by atoms with van der Waals surface area (Å²) in [5, 5.41) is 0. The van der Waals surface area contributed by atoms with E-state index in [9.17, 15) is 4.39 Å². The minimum atomic E-state index is -0.148. The van der Waals surface area contributed by atoms with E-state index in [4.69, 9.17) is 0 Å². The first-order chi connectivity index (χ1) is 5.24. The Balaban J connectivity index is 2.86. The molecule has 0 aliphatic heterocycles. The van der Waals surface area contributed by atoms with Gasteiger partial charge in [-0.3, -0.25) is 4.72 Å². The molecule has 1 aromatic rings. The van der Waals surface area contributed by atoms with E-state index in [2.05, 4.69) is 4.72 Å². The molecule has 0 spiro atoms. The van der Waals surface area contributed by atoms with Gasteiger partial charge in [-0.25, -0.2) is 4.39 Å². The number of aryl methyl sites for hydroxylation is 1. The molecule has 0 aromatic heterocycles. The predicted octanol–water partition coefficient (Wildman–Crippen LogP) is 2.36. The van der Waals surface area contributed by atoms with Crippen LogP contribution in [0.3, 0.4) is 0 Å². The predicted molar refractivity (Wildman–Crippen MR) is 46.1 cm³/mol. The van der Waals surface area contributed by atoms with Crippen LogP contribution in [0.2, 0.25) is 0 Å². The second-order valence-corrected chi connectivity index (χ2v) is 3.30. The molecule has 0 atom stereocenters. The lowest BCUT2D eigenvalue weighted by atomic mass is 10.2. The quantitative estimate of drug-likeness (QED) is 0.685. The van der Waals surface area contributed by atoms with Gasteiger partial charge in [-0.05, 0) is 49.7 Å². The third kappa shape index (κ3) is 2.20. The maximum atomic E-state index is 12.7. The first kappa shape index (κ1) is 8.56. The van der Waals surface area contributed by atoms with E-state index in [-0.39, 0.29) is 5.82 Å². The zero-order chi connectivity index (χ0) is 8.27. The second kappa shape index (κ2) is 3.74. The average molecular weight is 171 g/mol. The van der Waals surface area contributed by atoms with Crippen molar-refractivity contribution in [3.63, 3.8) is 0 Å². The maximum Gasteiger partial charge on any atom is 0.126 e. The minimum Gasteiger partial charge on any atom is -0.263 e. The monoisotopic (exact) mass is 171 g/mol. The van der Waals surface area contributed by atoms with E-state index in [1.165, 1.54) is 18.0 Å². The normalized spacial score (nSPS) is 10.1. The van der Waals surface area contributed by atoms with Gasteiger partial charge in [0.25, 0.3) is 0 Å². The van der Waals surface area contributed by atoms with Crippen LogP contribution in [0.25, 0.3) is 0 Å². The molecule has 0 amide bonds. The Labute approximate surface area is 70.1 Å². The van der Waals surface area contributed by atoms with E-state index >= 15 is 0 Å². The van der Waals surface area contributed by atoms with Crippen LogP contribution >= 0.6 is 11.9 Å². The summed E-state index contributed by atoms with van der Waals surface area (Å²) in [7, 11) is 1.84. The first-order valence-corrected chi connectivity index (χ1v) is 4.15. The summed E-state index contributed by atoms with van der Waals surface area (Å²) in [6, 6.07) is 5.05. The van der Waals surface area contributed by atoms with Gasteiger partial charge in [-0.1, -0.05) is 0 Å². The SMILES string of the molecule is CNSc1ccc(F)c(C)c1. The lowest BCUT2D eigenvalue weighted by Crippen LogP contribution is -1.91. The molecule has 0 heterocycles. The molecule has 0 bridgehead atoms. The van der Waals surface area contributed by atoms with Crippen LogP contribution in [-0.4, -0.2) is 7.05 Å². The maximum absolute atomic E-state index is 12.7. The Morgan fingerprint density at radius 3 is 2.73 bits per heavy atom. The fraction of sp³-hybridized carbons (Fsp3) is 0.250. The van der Waals surface area contributed by atoms with Gasteiger partial charge in [0.15, 0.2) is 0 Å². The molecule has 0 aliphatic rings. The topological polar surface area (TPSA) is 12.0 Å². The molecule has 0 radical (unpaired) electrons. The van der Waals surface area contributed by atoms with Crippen LogP contribution in [-0.2, 0) is 0 Å². The van der Waals surface area contributed by atoms with Crippen LogP contribution < -0.4 is 4.72 Å². The molecule has 0 fully saturated rings. The van der Waals surface area contributed by atoms with Crippen LogP contribution in [0.4, 0.5) is 4.39 Å². The molecule has 1 aromatic carbocycles. The summed E-state index contributed by atoms with van der Waals surface area (Å²) in [6.45, 7) is 1.76. The number of nitrogens with one attached hydrogen (secondary N) is 1. The van der Waals surface area contributed by atoms with Crippen LogP contribution in [0, 0.1) is 12.7 Å². The second-order valence-electron chi connectivity index (χ2n) is 2.22. The highest BCUT2D eigenvalue weighted by Gasteiger charge is 1.97. The smallest absolute Gasteiger partial charge is 0.126 e. The summed E-state index contributed by atoms with van der Waals surface area (Å²) in [4.78, 5) is 1.03. The summed E-state index contributed by atoms with van der Waals surface area (Å²) in [5.74, 6) is -0.148. The van der Waals surface area contributed by atoms with Crippen LogP contribution in [0.15, 0.2) is 23.1 Å². The fourth-order valence-corrected chi connectivity index (χ4v) is 1.41. The zero-order valence-corrected chi connectivity index (χ0v) is 7.33. The summed E-state index contributed by atoms with van der Waals surface area (Å²) < 4.78 is 15.6. The van der Waals surface area contributed by atoms with Gasteiger partial charge in [0.2, 0.25) is 0 Å². The van der Waals surface area contributed by atoms with Crippen molar-refractivity contribution < 1.29 is 4.39 Å². The average Bonchev–Trinajstić information content (AvgIpc) is 1.98.